The molecule has 0 radical (unpaired) electrons. The van der Waals surface area contributed by atoms with Crippen LogP contribution in [0.1, 0.15) is 37.3 Å². The van der Waals surface area contributed by atoms with Gasteiger partial charge in [-0.15, -0.1) is 10.2 Å². The Morgan fingerprint density at radius 1 is 1.00 bits per heavy atom. The molecule has 0 aliphatic heterocycles. The fraction of sp³-hybridized carbons (Fsp3) is 0.250. The zero-order valence-electron chi connectivity index (χ0n) is 12.0. The van der Waals surface area contributed by atoms with Gasteiger partial charge in [0.1, 0.15) is 0 Å². The molecule has 0 aliphatic carbocycles. The largest absolute Gasteiger partial charge is 0.301 e. The van der Waals surface area contributed by atoms with Crippen molar-refractivity contribution < 1.29 is 0 Å². The summed E-state index contributed by atoms with van der Waals surface area (Å²) in [5, 5.41) is 12.1. The van der Waals surface area contributed by atoms with Crippen molar-refractivity contribution in [3.63, 3.8) is 0 Å². The van der Waals surface area contributed by atoms with Crippen LogP contribution in [0.5, 0.6) is 0 Å². The lowest BCUT2D eigenvalue weighted by molar-refractivity contribution is 0.472. The van der Waals surface area contributed by atoms with Crippen molar-refractivity contribution >= 4 is 21.6 Å². The number of hydrogen-bond donors (Lipinski definition) is 1. The number of halogens is 1. The number of rotatable bonds is 4. The standard InChI is InChI=1S/C16H17BrN4/c1-11(13-7-3-4-8-14(13)17)18-12(2)16-20-19-15-9-5-6-10-21(15)16/h3-12,18H,1-2H3. The van der Waals surface area contributed by atoms with Gasteiger partial charge in [0.2, 0.25) is 0 Å². The summed E-state index contributed by atoms with van der Waals surface area (Å²) in [7, 11) is 0. The number of nitrogens with zero attached hydrogens (tertiary/aromatic N) is 3. The molecule has 1 aromatic carbocycles. The first kappa shape index (κ1) is 14.2. The molecule has 0 saturated carbocycles. The molecule has 2 aromatic heterocycles. The van der Waals surface area contributed by atoms with E-state index < -0.39 is 0 Å². The molecule has 2 heterocycles. The normalized spacial score (nSPS) is 14.2. The fourth-order valence-corrected chi connectivity index (χ4v) is 3.15. The lowest BCUT2D eigenvalue weighted by atomic mass is 10.1. The molecule has 3 rings (SSSR count). The van der Waals surface area contributed by atoms with Crippen LogP contribution in [0.15, 0.2) is 53.1 Å². The maximum atomic E-state index is 4.30. The van der Waals surface area contributed by atoms with Crippen molar-refractivity contribution in [1.82, 2.24) is 19.9 Å². The van der Waals surface area contributed by atoms with Gasteiger partial charge < -0.3 is 5.32 Å². The van der Waals surface area contributed by atoms with Crippen LogP contribution < -0.4 is 5.32 Å². The fourth-order valence-electron chi connectivity index (χ4n) is 2.52. The summed E-state index contributed by atoms with van der Waals surface area (Å²) in [6.45, 7) is 4.26. The molecule has 0 spiro atoms. The van der Waals surface area contributed by atoms with Crippen LogP contribution in [-0.4, -0.2) is 14.6 Å². The summed E-state index contributed by atoms with van der Waals surface area (Å²) in [4.78, 5) is 0. The van der Waals surface area contributed by atoms with Crippen LogP contribution >= 0.6 is 15.9 Å². The molecule has 4 nitrogen and oxygen atoms in total. The minimum Gasteiger partial charge on any atom is -0.301 e. The van der Waals surface area contributed by atoms with E-state index in [2.05, 4.69) is 63.5 Å². The molecular formula is C16H17BrN4. The maximum absolute atomic E-state index is 4.30. The predicted molar refractivity (Wildman–Crippen MR) is 87.1 cm³/mol. The molecule has 0 saturated heterocycles. The summed E-state index contributed by atoms with van der Waals surface area (Å²) in [5.41, 5.74) is 2.10. The minimum absolute atomic E-state index is 0.101. The van der Waals surface area contributed by atoms with Gasteiger partial charge >= 0.3 is 0 Å². The van der Waals surface area contributed by atoms with Crippen molar-refractivity contribution in [1.29, 1.82) is 0 Å². The van der Waals surface area contributed by atoms with Gasteiger partial charge in [0.05, 0.1) is 6.04 Å². The highest BCUT2D eigenvalue weighted by Crippen LogP contribution is 2.25. The Kier molecular flexibility index (Phi) is 4.03. The molecule has 2 atom stereocenters. The number of pyridine rings is 1. The van der Waals surface area contributed by atoms with Gasteiger partial charge in [-0.3, -0.25) is 4.40 Å². The van der Waals surface area contributed by atoms with E-state index in [4.69, 9.17) is 0 Å². The molecule has 2 unspecified atom stereocenters. The van der Waals surface area contributed by atoms with Gasteiger partial charge in [-0.1, -0.05) is 40.2 Å². The number of fused-ring (bicyclic) bond motifs is 1. The third-order valence-corrected chi connectivity index (χ3v) is 4.32. The number of nitrogens with one attached hydrogen (secondary N) is 1. The Hall–Kier alpha value is -1.72. The summed E-state index contributed by atoms with van der Waals surface area (Å²) in [6, 6.07) is 14.5. The summed E-state index contributed by atoms with van der Waals surface area (Å²) in [5.74, 6) is 0.921. The highest BCUT2D eigenvalue weighted by atomic mass is 79.9. The van der Waals surface area contributed by atoms with E-state index in [0.717, 1.165) is 15.9 Å². The molecule has 108 valence electrons. The first-order chi connectivity index (χ1) is 10.2. The highest BCUT2D eigenvalue weighted by Gasteiger charge is 2.17. The monoisotopic (exact) mass is 344 g/mol. The third kappa shape index (κ3) is 2.84. The molecule has 0 bridgehead atoms. The number of aromatic nitrogens is 3. The molecule has 0 aliphatic rings. The Bertz CT molecular complexity index is 753. The lowest BCUT2D eigenvalue weighted by Gasteiger charge is -2.20. The molecule has 0 amide bonds. The van der Waals surface area contributed by atoms with Gasteiger partial charge in [-0.2, -0.15) is 0 Å². The van der Waals surface area contributed by atoms with E-state index >= 15 is 0 Å². The van der Waals surface area contributed by atoms with E-state index in [1.165, 1.54) is 5.56 Å². The van der Waals surface area contributed by atoms with Gasteiger partial charge in [0.25, 0.3) is 0 Å². The first-order valence-electron chi connectivity index (χ1n) is 6.97. The van der Waals surface area contributed by atoms with Crippen molar-refractivity contribution in [2.75, 3.05) is 0 Å². The van der Waals surface area contributed by atoms with Gasteiger partial charge in [0, 0.05) is 16.7 Å². The molecule has 5 heteroatoms. The summed E-state index contributed by atoms with van der Waals surface area (Å²) < 4.78 is 3.13. The Balaban J connectivity index is 1.83. The van der Waals surface area contributed by atoms with Crippen LogP contribution in [0.2, 0.25) is 0 Å². The van der Waals surface area contributed by atoms with Gasteiger partial charge in [-0.05, 0) is 37.6 Å². The van der Waals surface area contributed by atoms with E-state index in [1.54, 1.807) is 0 Å². The number of hydrogen-bond acceptors (Lipinski definition) is 3. The predicted octanol–water partition coefficient (Wildman–Crippen LogP) is 3.90. The molecule has 21 heavy (non-hydrogen) atoms. The van der Waals surface area contributed by atoms with Crippen molar-refractivity contribution in [2.24, 2.45) is 0 Å². The summed E-state index contributed by atoms with van der Waals surface area (Å²) >= 11 is 3.60. The molecule has 0 fully saturated rings. The van der Waals surface area contributed by atoms with Crippen LogP contribution in [0.4, 0.5) is 0 Å². The van der Waals surface area contributed by atoms with Crippen molar-refractivity contribution in [3.8, 4) is 0 Å². The second-order valence-electron chi connectivity index (χ2n) is 5.12. The molecule has 1 N–H and O–H groups in total. The topological polar surface area (TPSA) is 42.2 Å². The second-order valence-corrected chi connectivity index (χ2v) is 5.97. The van der Waals surface area contributed by atoms with E-state index in [1.807, 2.05) is 34.9 Å². The van der Waals surface area contributed by atoms with Crippen LogP contribution in [0, 0.1) is 0 Å². The maximum Gasteiger partial charge on any atom is 0.160 e. The van der Waals surface area contributed by atoms with Crippen molar-refractivity contribution in [2.45, 2.75) is 25.9 Å². The van der Waals surface area contributed by atoms with Crippen LogP contribution in [-0.2, 0) is 0 Å². The van der Waals surface area contributed by atoms with E-state index in [-0.39, 0.29) is 12.1 Å². The molecule has 3 aromatic rings. The van der Waals surface area contributed by atoms with E-state index in [0.29, 0.717) is 0 Å². The average Bonchev–Trinajstić information content (AvgIpc) is 2.91. The van der Waals surface area contributed by atoms with E-state index in [9.17, 15) is 0 Å². The van der Waals surface area contributed by atoms with Gasteiger partial charge in [-0.25, -0.2) is 0 Å². The highest BCUT2D eigenvalue weighted by molar-refractivity contribution is 9.10. The lowest BCUT2D eigenvalue weighted by Crippen LogP contribution is -2.24. The van der Waals surface area contributed by atoms with Crippen LogP contribution in [0.25, 0.3) is 5.65 Å². The first-order valence-corrected chi connectivity index (χ1v) is 7.76. The Morgan fingerprint density at radius 2 is 1.76 bits per heavy atom. The number of benzene rings is 1. The average molecular weight is 345 g/mol. The Labute approximate surface area is 132 Å². The smallest absolute Gasteiger partial charge is 0.160 e. The summed E-state index contributed by atoms with van der Waals surface area (Å²) in [6.07, 6.45) is 1.99. The quantitative estimate of drug-likeness (QED) is 0.780. The third-order valence-electron chi connectivity index (χ3n) is 3.60. The zero-order valence-corrected chi connectivity index (χ0v) is 13.6. The second kappa shape index (κ2) is 5.95. The van der Waals surface area contributed by atoms with Crippen LogP contribution in [0.3, 0.4) is 0 Å². The minimum atomic E-state index is 0.101. The molecular weight excluding hydrogens is 328 g/mol. The van der Waals surface area contributed by atoms with Gasteiger partial charge in [0.15, 0.2) is 11.5 Å². The van der Waals surface area contributed by atoms with Crippen molar-refractivity contribution in [3.05, 3.63) is 64.5 Å². The SMILES string of the molecule is CC(NC(C)c1nnc2ccccn12)c1ccccc1Br. The Morgan fingerprint density at radius 3 is 2.57 bits per heavy atom. The zero-order chi connectivity index (χ0) is 14.8.